The van der Waals surface area contributed by atoms with E-state index in [0.717, 1.165) is 36.6 Å². The van der Waals surface area contributed by atoms with Crippen LogP contribution in [0.5, 0.6) is 0 Å². The summed E-state index contributed by atoms with van der Waals surface area (Å²) in [6.45, 7) is 3.87. The fourth-order valence-corrected chi connectivity index (χ4v) is 3.60. The number of thiazole rings is 1. The zero-order chi connectivity index (χ0) is 14.0. The van der Waals surface area contributed by atoms with E-state index >= 15 is 0 Å². The average Bonchev–Trinajstić information content (AvgIpc) is 2.95. The van der Waals surface area contributed by atoms with Crippen LogP contribution in [0.3, 0.4) is 0 Å². The standard InChI is InChI=1S/C16H17N3S/c1-13-11-18-15(20-13)19-9-7-16(12-17,8-10-19)14-5-3-2-4-6-14/h2-6,11H,7-10H2,1H3. The van der Waals surface area contributed by atoms with Gasteiger partial charge in [-0.3, -0.25) is 0 Å². The van der Waals surface area contributed by atoms with Crippen LogP contribution in [0.4, 0.5) is 5.13 Å². The molecule has 1 fully saturated rings. The van der Waals surface area contributed by atoms with Crippen LogP contribution in [0.15, 0.2) is 36.5 Å². The summed E-state index contributed by atoms with van der Waals surface area (Å²) in [5.41, 5.74) is 0.821. The monoisotopic (exact) mass is 283 g/mol. The SMILES string of the molecule is Cc1cnc(N2CCC(C#N)(c3ccccc3)CC2)s1. The van der Waals surface area contributed by atoms with Crippen LogP contribution in [0.1, 0.15) is 23.3 Å². The van der Waals surface area contributed by atoms with Crippen molar-refractivity contribution in [1.82, 2.24) is 4.98 Å². The number of nitriles is 1. The first-order chi connectivity index (χ1) is 9.73. The summed E-state index contributed by atoms with van der Waals surface area (Å²) < 4.78 is 0. The summed E-state index contributed by atoms with van der Waals surface area (Å²) in [6, 6.07) is 12.8. The molecular formula is C16H17N3S. The number of hydrogen-bond acceptors (Lipinski definition) is 4. The molecule has 3 nitrogen and oxygen atoms in total. The third kappa shape index (κ3) is 2.30. The number of nitrogens with zero attached hydrogens (tertiary/aromatic N) is 3. The molecule has 0 spiro atoms. The first kappa shape index (κ1) is 13.1. The molecule has 2 aromatic rings. The van der Waals surface area contributed by atoms with E-state index in [0.29, 0.717) is 0 Å². The van der Waals surface area contributed by atoms with Gasteiger partial charge in [-0.05, 0) is 25.3 Å². The maximum atomic E-state index is 9.67. The number of anilines is 1. The number of aryl methyl sites for hydroxylation is 1. The Morgan fingerprint density at radius 3 is 2.50 bits per heavy atom. The molecule has 2 heterocycles. The van der Waals surface area contributed by atoms with E-state index in [9.17, 15) is 5.26 Å². The molecule has 0 radical (unpaired) electrons. The molecule has 20 heavy (non-hydrogen) atoms. The first-order valence-electron chi connectivity index (χ1n) is 6.88. The lowest BCUT2D eigenvalue weighted by atomic mass is 9.74. The lowest BCUT2D eigenvalue weighted by Gasteiger charge is -2.37. The van der Waals surface area contributed by atoms with Gasteiger partial charge in [-0.1, -0.05) is 30.3 Å². The van der Waals surface area contributed by atoms with E-state index in [1.807, 2.05) is 24.4 Å². The van der Waals surface area contributed by atoms with E-state index in [2.05, 4.69) is 35.0 Å². The van der Waals surface area contributed by atoms with Gasteiger partial charge in [0, 0.05) is 24.2 Å². The van der Waals surface area contributed by atoms with Crippen LogP contribution in [0.2, 0.25) is 0 Å². The van der Waals surface area contributed by atoms with Crippen molar-refractivity contribution in [2.24, 2.45) is 0 Å². The normalized spacial score (nSPS) is 17.7. The van der Waals surface area contributed by atoms with Gasteiger partial charge in [0.15, 0.2) is 5.13 Å². The highest BCUT2D eigenvalue weighted by Crippen LogP contribution is 2.37. The van der Waals surface area contributed by atoms with Gasteiger partial charge >= 0.3 is 0 Å². The van der Waals surface area contributed by atoms with Gasteiger partial charge in [-0.25, -0.2) is 4.98 Å². The van der Waals surface area contributed by atoms with Crippen LogP contribution in [0.25, 0.3) is 0 Å². The Bertz CT molecular complexity index is 619. The minimum absolute atomic E-state index is 0.329. The van der Waals surface area contributed by atoms with Crippen molar-refractivity contribution < 1.29 is 0 Å². The summed E-state index contributed by atoms with van der Waals surface area (Å²) in [4.78, 5) is 7.99. The van der Waals surface area contributed by atoms with Gasteiger partial charge < -0.3 is 4.90 Å². The van der Waals surface area contributed by atoms with E-state index in [-0.39, 0.29) is 5.41 Å². The number of piperidine rings is 1. The van der Waals surface area contributed by atoms with Crippen LogP contribution in [-0.2, 0) is 5.41 Å². The summed E-state index contributed by atoms with van der Waals surface area (Å²) in [5.74, 6) is 0. The predicted molar refractivity (Wildman–Crippen MR) is 82.0 cm³/mol. The van der Waals surface area contributed by atoms with Crippen LogP contribution < -0.4 is 4.90 Å². The number of benzene rings is 1. The highest BCUT2D eigenvalue weighted by Gasteiger charge is 2.36. The van der Waals surface area contributed by atoms with Crippen molar-refractivity contribution in [3.8, 4) is 6.07 Å². The zero-order valence-corrected chi connectivity index (χ0v) is 12.4. The van der Waals surface area contributed by atoms with Gasteiger partial charge in [0.25, 0.3) is 0 Å². The van der Waals surface area contributed by atoms with Crippen molar-refractivity contribution in [1.29, 1.82) is 5.26 Å². The fraction of sp³-hybridized carbons (Fsp3) is 0.375. The minimum Gasteiger partial charge on any atom is -0.348 e. The van der Waals surface area contributed by atoms with Gasteiger partial charge in [-0.15, -0.1) is 11.3 Å². The second kappa shape index (κ2) is 5.26. The lowest BCUT2D eigenvalue weighted by Crippen LogP contribution is -2.41. The van der Waals surface area contributed by atoms with Crippen LogP contribution in [0, 0.1) is 18.3 Å². The molecule has 0 atom stereocenters. The summed E-state index contributed by atoms with van der Waals surface area (Å²) >= 11 is 1.73. The molecule has 1 aromatic carbocycles. The number of aromatic nitrogens is 1. The lowest BCUT2D eigenvalue weighted by molar-refractivity contribution is 0.415. The maximum absolute atomic E-state index is 9.67. The van der Waals surface area contributed by atoms with Crippen molar-refractivity contribution >= 4 is 16.5 Å². The van der Waals surface area contributed by atoms with Crippen LogP contribution in [-0.4, -0.2) is 18.1 Å². The Morgan fingerprint density at radius 1 is 1.25 bits per heavy atom. The quantitative estimate of drug-likeness (QED) is 0.846. The minimum atomic E-state index is -0.329. The highest BCUT2D eigenvalue weighted by atomic mass is 32.1. The Hall–Kier alpha value is -1.86. The van der Waals surface area contributed by atoms with Gasteiger partial charge in [0.2, 0.25) is 0 Å². The second-order valence-corrected chi connectivity index (χ2v) is 6.51. The molecule has 1 aliphatic heterocycles. The second-order valence-electron chi connectivity index (χ2n) is 5.30. The molecule has 0 bridgehead atoms. The summed E-state index contributed by atoms with van der Waals surface area (Å²) in [7, 11) is 0. The summed E-state index contributed by atoms with van der Waals surface area (Å²) in [6.07, 6.45) is 3.65. The predicted octanol–water partition coefficient (Wildman–Crippen LogP) is 3.51. The van der Waals surface area contributed by atoms with Crippen molar-refractivity contribution in [2.45, 2.75) is 25.2 Å². The van der Waals surface area contributed by atoms with Crippen molar-refractivity contribution in [3.63, 3.8) is 0 Å². The molecule has 0 aliphatic carbocycles. The van der Waals surface area contributed by atoms with Crippen molar-refractivity contribution in [2.75, 3.05) is 18.0 Å². The largest absolute Gasteiger partial charge is 0.348 e. The number of rotatable bonds is 2. The Labute approximate surface area is 123 Å². The topological polar surface area (TPSA) is 39.9 Å². The van der Waals surface area contributed by atoms with Crippen LogP contribution >= 0.6 is 11.3 Å². The van der Waals surface area contributed by atoms with E-state index in [1.54, 1.807) is 11.3 Å². The Balaban J connectivity index is 1.78. The summed E-state index contributed by atoms with van der Waals surface area (Å²) in [5, 5.41) is 10.8. The fourth-order valence-electron chi connectivity index (χ4n) is 2.79. The van der Waals surface area contributed by atoms with Gasteiger partial charge in [0.05, 0.1) is 11.5 Å². The molecule has 0 amide bonds. The van der Waals surface area contributed by atoms with E-state index in [1.165, 1.54) is 4.88 Å². The first-order valence-corrected chi connectivity index (χ1v) is 7.69. The molecule has 1 aliphatic rings. The zero-order valence-electron chi connectivity index (χ0n) is 11.5. The molecule has 102 valence electrons. The molecule has 1 saturated heterocycles. The Morgan fingerprint density at radius 2 is 1.95 bits per heavy atom. The van der Waals surface area contributed by atoms with Gasteiger partial charge in [-0.2, -0.15) is 5.26 Å². The molecular weight excluding hydrogens is 266 g/mol. The average molecular weight is 283 g/mol. The molecule has 4 heteroatoms. The van der Waals surface area contributed by atoms with E-state index in [4.69, 9.17) is 0 Å². The smallest absolute Gasteiger partial charge is 0.185 e. The van der Waals surface area contributed by atoms with Gasteiger partial charge in [0.1, 0.15) is 0 Å². The molecule has 0 saturated carbocycles. The third-order valence-corrected chi connectivity index (χ3v) is 5.01. The molecule has 0 unspecified atom stereocenters. The molecule has 0 N–H and O–H groups in total. The van der Waals surface area contributed by atoms with Crippen molar-refractivity contribution in [3.05, 3.63) is 47.0 Å². The highest BCUT2D eigenvalue weighted by molar-refractivity contribution is 7.15. The number of hydrogen-bond donors (Lipinski definition) is 0. The Kier molecular flexibility index (Phi) is 3.45. The third-order valence-electron chi connectivity index (χ3n) is 4.04. The molecule has 1 aromatic heterocycles. The maximum Gasteiger partial charge on any atom is 0.185 e. The van der Waals surface area contributed by atoms with E-state index < -0.39 is 0 Å². The molecule has 3 rings (SSSR count).